The van der Waals surface area contributed by atoms with Crippen LogP contribution in [0.4, 0.5) is 5.69 Å². The van der Waals surface area contributed by atoms with Crippen LogP contribution in [0.3, 0.4) is 0 Å². The highest BCUT2D eigenvalue weighted by Gasteiger charge is 2.21. The summed E-state index contributed by atoms with van der Waals surface area (Å²) < 4.78 is 10.8. The molecular formula is C21H24N2O4. The average molecular weight is 368 g/mol. The molecule has 1 aliphatic rings. The zero-order chi connectivity index (χ0) is 19.2. The van der Waals surface area contributed by atoms with E-state index in [-0.39, 0.29) is 11.8 Å². The number of hydrogen-bond acceptors (Lipinski definition) is 4. The van der Waals surface area contributed by atoms with Crippen LogP contribution in [0.2, 0.25) is 0 Å². The molecule has 142 valence electrons. The fourth-order valence-electron chi connectivity index (χ4n) is 2.96. The van der Waals surface area contributed by atoms with Crippen LogP contribution < -0.4 is 19.7 Å². The lowest BCUT2D eigenvalue weighted by Gasteiger charge is -2.17. The number of benzene rings is 2. The van der Waals surface area contributed by atoms with Gasteiger partial charge in [0.2, 0.25) is 5.91 Å². The van der Waals surface area contributed by atoms with Gasteiger partial charge in [0.1, 0.15) is 11.5 Å². The molecule has 1 heterocycles. The molecule has 2 aromatic carbocycles. The summed E-state index contributed by atoms with van der Waals surface area (Å²) in [6, 6.07) is 14.8. The fourth-order valence-corrected chi connectivity index (χ4v) is 2.96. The molecule has 6 nitrogen and oxygen atoms in total. The van der Waals surface area contributed by atoms with Gasteiger partial charge in [-0.25, -0.2) is 0 Å². The summed E-state index contributed by atoms with van der Waals surface area (Å²) in [5.74, 6) is 1.32. The molecule has 0 unspecified atom stereocenters. The van der Waals surface area contributed by atoms with Gasteiger partial charge in [0.15, 0.2) is 6.10 Å². The molecule has 0 bridgehead atoms. The van der Waals surface area contributed by atoms with Crippen molar-refractivity contribution < 1.29 is 19.1 Å². The van der Waals surface area contributed by atoms with Gasteiger partial charge >= 0.3 is 0 Å². The Bertz CT molecular complexity index is 787. The summed E-state index contributed by atoms with van der Waals surface area (Å²) >= 11 is 0. The van der Waals surface area contributed by atoms with Gasteiger partial charge in [0, 0.05) is 25.2 Å². The zero-order valence-electron chi connectivity index (χ0n) is 15.6. The Kier molecular flexibility index (Phi) is 5.96. The topological polar surface area (TPSA) is 67.9 Å². The second-order valence-electron chi connectivity index (χ2n) is 6.47. The summed E-state index contributed by atoms with van der Waals surface area (Å²) in [7, 11) is 1.60. The molecule has 3 rings (SSSR count). The maximum Gasteiger partial charge on any atom is 0.261 e. The second kappa shape index (κ2) is 8.58. The highest BCUT2D eigenvalue weighted by molar-refractivity contribution is 5.95. The summed E-state index contributed by atoms with van der Waals surface area (Å²) in [4.78, 5) is 25.8. The first-order chi connectivity index (χ1) is 13.1. The number of amides is 2. The largest absolute Gasteiger partial charge is 0.497 e. The van der Waals surface area contributed by atoms with E-state index in [4.69, 9.17) is 9.47 Å². The number of rotatable bonds is 7. The Morgan fingerprint density at radius 3 is 2.37 bits per heavy atom. The van der Waals surface area contributed by atoms with Crippen molar-refractivity contribution in [3.05, 3.63) is 54.1 Å². The zero-order valence-corrected chi connectivity index (χ0v) is 15.6. The summed E-state index contributed by atoms with van der Waals surface area (Å²) in [6.45, 7) is 2.89. The van der Waals surface area contributed by atoms with E-state index in [0.717, 1.165) is 30.0 Å². The number of methoxy groups -OCH3 is 1. The lowest BCUT2D eigenvalue weighted by Crippen LogP contribution is -2.35. The van der Waals surface area contributed by atoms with Crippen molar-refractivity contribution in [1.82, 2.24) is 5.32 Å². The molecule has 27 heavy (non-hydrogen) atoms. The molecule has 1 N–H and O–H groups in total. The van der Waals surface area contributed by atoms with E-state index in [9.17, 15) is 9.59 Å². The highest BCUT2D eigenvalue weighted by Crippen LogP contribution is 2.21. The Morgan fingerprint density at radius 1 is 1.11 bits per heavy atom. The Balaban J connectivity index is 1.49. The van der Waals surface area contributed by atoms with Crippen molar-refractivity contribution >= 4 is 17.5 Å². The first kappa shape index (κ1) is 18.8. The number of nitrogens with one attached hydrogen (secondary N) is 1. The molecule has 1 fully saturated rings. The number of carbonyl (C=O) groups excluding carboxylic acids is 2. The molecule has 0 radical (unpaired) electrons. The minimum absolute atomic E-state index is 0.167. The fraction of sp³-hybridized carbons (Fsp3) is 0.333. The van der Waals surface area contributed by atoms with Crippen LogP contribution in [0.1, 0.15) is 25.3 Å². The number of anilines is 1. The van der Waals surface area contributed by atoms with Crippen molar-refractivity contribution in [1.29, 1.82) is 0 Å². The smallest absolute Gasteiger partial charge is 0.261 e. The van der Waals surface area contributed by atoms with Crippen molar-refractivity contribution in [3.63, 3.8) is 0 Å². The molecule has 1 atom stereocenters. The molecule has 0 aromatic heterocycles. The van der Waals surface area contributed by atoms with Gasteiger partial charge in [0.05, 0.1) is 7.11 Å². The van der Waals surface area contributed by atoms with Gasteiger partial charge in [-0.05, 0) is 55.3 Å². The number of carbonyl (C=O) groups is 2. The second-order valence-corrected chi connectivity index (χ2v) is 6.47. The lowest BCUT2D eigenvalue weighted by atomic mass is 10.2. The maximum atomic E-state index is 12.2. The van der Waals surface area contributed by atoms with Crippen LogP contribution in [0, 0.1) is 0 Å². The van der Waals surface area contributed by atoms with Gasteiger partial charge in [-0.1, -0.05) is 12.1 Å². The average Bonchev–Trinajstić information content (AvgIpc) is 3.13. The minimum atomic E-state index is -0.611. The van der Waals surface area contributed by atoms with Crippen LogP contribution in [-0.2, 0) is 16.1 Å². The quantitative estimate of drug-likeness (QED) is 0.816. The van der Waals surface area contributed by atoms with Gasteiger partial charge in [-0.15, -0.1) is 0 Å². The van der Waals surface area contributed by atoms with E-state index >= 15 is 0 Å². The Labute approximate surface area is 159 Å². The van der Waals surface area contributed by atoms with Crippen LogP contribution in [0.15, 0.2) is 48.5 Å². The Hall–Kier alpha value is -3.02. The van der Waals surface area contributed by atoms with E-state index in [1.807, 2.05) is 24.3 Å². The van der Waals surface area contributed by atoms with E-state index in [2.05, 4.69) is 5.32 Å². The highest BCUT2D eigenvalue weighted by atomic mass is 16.5. The van der Waals surface area contributed by atoms with Crippen molar-refractivity contribution in [2.24, 2.45) is 0 Å². The molecule has 0 saturated carbocycles. The number of ether oxygens (including phenoxy) is 2. The number of hydrogen-bond donors (Lipinski definition) is 1. The lowest BCUT2D eigenvalue weighted by molar-refractivity contribution is -0.127. The third kappa shape index (κ3) is 4.78. The normalized spacial score (nSPS) is 14.7. The minimum Gasteiger partial charge on any atom is -0.497 e. The van der Waals surface area contributed by atoms with E-state index in [1.165, 1.54) is 0 Å². The van der Waals surface area contributed by atoms with E-state index in [1.54, 1.807) is 43.2 Å². The molecule has 2 aromatic rings. The molecule has 1 saturated heterocycles. The molecule has 0 aliphatic carbocycles. The maximum absolute atomic E-state index is 12.2. The summed E-state index contributed by atoms with van der Waals surface area (Å²) in [5.41, 5.74) is 1.87. The number of nitrogens with zero attached hydrogens (tertiary/aromatic N) is 1. The van der Waals surface area contributed by atoms with E-state index < -0.39 is 6.10 Å². The van der Waals surface area contributed by atoms with E-state index in [0.29, 0.717) is 18.7 Å². The molecule has 0 spiro atoms. The molecule has 2 amide bonds. The first-order valence-corrected chi connectivity index (χ1v) is 9.04. The van der Waals surface area contributed by atoms with Crippen molar-refractivity contribution in [2.75, 3.05) is 18.6 Å². The summed E-state index contributed by atoms with van der Waals surface area (Å²) in [6.07, 6.45) is 0.909. The molecule has 1 aliphatic heterocycles. The van der Waals surface area contributed by atoms with Crippen molar-refractivity contribution in [3.8, 4) is 11.5 Å². The Morgan fingerprint density at radius 2 is 1.78 bits per heavy atom. The SMILES string of the molecule is COc1ccc(O[C@@H](C)C(=O)NCc2ccc(N3CCCC3=O)cc2)cc1. The van der Waals surface area contributed by atoms with Gasteiger partial charge in [0.25, 0.3) is 5.91 Å². The van der Waals surface area contributed by atoms with Crippen molar-refractivity contribution in [2.45, 2.75) is 32.4 Å². The standard InChI is InChI=1S/C21H24N2O4/c1-15(27-19-11-9-18(26-2)10-12-19)21(25)22-14-16-5-7-17(8-6-16)23-13-3-4-20(23)24/h5-12,15H,3-4,13-14H2,1-2H3,(H,22,25)/t15-/m0/s1. The third-order valence-corrected chi connectivity index (χ3v) is 4.53. The van der Waals surface area contributed by atoms with Crippen LogP contribution >= 0.6 is 0 Å². The predicted octanol–water partition coefficient (Wildman–Crippen LogP) is 2.91. The van der Waals surface area contributed by atoms with Crippen LogP contribution in [0.5, 0.6) is 11.5 Å². The van der Waals surface area contributed by atoms with Gasteiger partial charge in [-0.3, -0.25) is 9.59 Å². The predicted molar refractivity (Wildman–Crippen MR) is 103 cm³/mol. The van der Waals surface area contributed by atoms with Crippen LogP contribution in [-0.4, -0.2) is 31.6 Å². The van der Waals surface area contributed by atoms with Gasteiger partial charge < -0.3 is 19.7 Å². The van der Waals surface area contributed by atoms with Crippen LogP contribution in [0.25, 0.3) is 0 Å². The monoisotopic (exact) mass is 368 g/mol. The third-order valence-electron chi connectivity index (χ3n) is 4.53. The summed E-state index contributed by atoms with van der Waals surface area (Å²) in [5, 5.41) is 2.87. The molecule has 6 heteroatoms. The molecular weight excluding hydrogens is 344 g/mol. The first-order valence-electron chi connectivity index (χ1n) is 9.04. The van der Waals surface area contributed by atoms with Gasteiger partial charge in [-0.2, -0.15) is 0 Å².